The molecule has 5 nitrogen and oxygen atoms in total. The van der Waals surface area contributed by atoms with Crippen molar-refractivity contribution in [2.75, 3.05) is 6.61 Å². The number of nitrogens with one attached hydrogen (secondary N) is 1. The number of aromatic nitrogens is 1. The summed E-state index contributed by atoms with van der Waals surface area (Å²) in [5, 5.41) is 4.89. The zero-order valence-electron chi connectivity index (χ0n) is 15.7. The van der Waals surface area contributed by atoms with Gasteiger partial charge in [0.25, 0.3) is 5.91 Å². The van der Waals surface area contributed by atoms with Gasteiger partial charge in [-0.25, -0.2) is 5.43 Å². The first-order valence-corrected chi connectivity index (χ1v) is 10.3. The first kappa shape index (κ1) is 21.4. The van der Waals surface area contributed by atoms with Crippen molar-refractivity contribution in [2.24, 2.45) is 5.10 Å². The number of rotatable bonds is 6. The van der Waals surface area contributed by atoms with Crippen molar-refractivity contribution in [1.29, 1.82) is 0 Å². The molecule has 0 spiro atoms. The summed E-state index contributed by atoms with van der Waals surface area (Å²) in [7, 11) is 0. The second-order valence-corrected chi connectivity index (χ2v) is 7.86. The van der Waals surface area contributed by atoms with Crippen LogP contribution in [0.15, 0.2) is 58.1 Å². The van der Waals surface area contributed by atoms with Gasteiger partial charge in [0.1, 0.15) is 5.75 Å². The molecule has 29 heavy (non-hydrogen) atoms. The molecule has 0 bridgehead atoms. The smallest absolute Gasteiger partial charge is 0.277 e. The van der Waals surface area contributed by atoms with Crippen molar-refractivity contribution < 1.29 is 9.53 Å². The molecule has 3 rings (SSSR count). The van der Waals surface area contributed by atoms with E-state index in [2.05, 4.69) is 31.0 Å². The van der Waals surface area contributed by atoms with E-state index in [1.807, 2.05) is 44.2 Å². The standard InChI is InChI=1S/C21H18BrCl2N3O2/c1-13-17(21(22)14(2)27(13)16-6-4-3-5-7-16)11-25-26-20(28)12-29-19-9-8-15(23)10-18(19)24/h3-11H,12H2,1-2H3,(H,26,28)/b25-11-. The predicted molar refractivity (Wildman–Crippen MR) is 121 cm³/mol. The minimum absolute atomic E-state index is 0.219. The fourth-order valence-electron chi connectivity index (χ4n) is 2.88. The summed E-state index contributed by atoms with van der Waals surface area (Å²) in [5.74, 6) is -0.0235. The topological polar surface area (TPSA) is 55.6 Å². The number of carbonyl (C=O) groups excluding carboxylic acids is 1. The van der Waals surface area contributed by atoms with Crippen LogP contribution in [0.5, 0.6) is 5.75 Å². The van der Waals surface area contributed by atoms with Crippen molar-refractivity contribution in [2.45, 2.75) is 13.8 Å². The summed E-state index contributed by atoms with van der Waals surface area (Å²) < 4.78 is 8.44. The van der Waals surface area contributed by atoms with Crippen LogP contribution < -0.4 is 10.2 Å². The monoisotopic (exact) mass is 493 g/mol. The van der Waals surface area contributed by atoms with E-state index in [0.29, 0.717) is 15.8 Å². The van der Waals surface area contributed by atoms with Gasteiger partial charge in [-0.3, -0.25) is 4.79 Å². The Hall–Kier alpha value is -2.28. The van der Waals surface area contributed by atoms with Crippen molar-refractivity contribution in [3.8, 4) is 11.4 Å². The van der Waals surface area contributed by atoms with Crippen molar-refractivity contribution >= 4 is 51.3 Å². The maximum absolute atomic E-state index is 12.0. The highest BCUT2D eigenvalue weighted by molar-refractivity contribution is 9.10. The van der Waals surface area contributed by atoms with E-state index in [9.17, 15) is 4.79 Å². The number of halogens is 3. The Balaban J connectivity index is 1.66. The molecule has 2 aromatic carbocycles. The molecule has 1 N–H and O–H groups in total. The van der Waals surface area contributed by atoms with Gasteiger partial charge >= 0.3 is 0 Å². The van der Waals surface area contributed by atoms with Gasteiger partial charge in [0, 0.05) is 32.1 Å². The van der Waals surface area contributed by atoms with E-state index < -0.39 is 5.91 Å². The number of hydrogen-bond donors (Lipinski definition) is 1. The minimum Gasteiger partial charge on any atom is -0.482 e. The highest BCUT2D eigenvalue weighted by Gasteiger charge is 2.15. The highest BCUT2D eigenvalue weighted by Crippen LogP contribution is 2.29. The van der Waals surface area contributed by atoms with Crippen LogP contribution in [0.2, 0.25) is 10.0 Å². The van der Waals surface area contributed by atoms with Crippen LogP contribution in [0.4, 0.5) is 0 Å². The molecule has 0 atom stereocenters. The predicted octanol–water partition coefficient (Wildman–Crippen LogP) is 5.69. The van der Waals surface area contributed by atoms with Crippen molar-refractivity contribution in [3.05, 3.63) is 80.0 Å². The second-order valence-electron chi connectivity index (χ2n) is 6.23. The number of ether oxygens (including phenoxy) is 1. The van der Waals surface area contributed by atoms with Gasteiger partial charge in [0.05, 0.1) is 11.2 Å². The average Bonchev–Trinajstić information content (AvgIpc) is 2.91. The molecule has 150 valence electrons. The maximum Gasteiger partial charge on any atom is 0.277 e. The summed E-state index contributed by atoms with van der Waals surface area (Å²) in [4.78, 5) is 12.0. The molecule has 0 saturated heterocycles. The van der Waals surface area contributed by atoms with E-state index >= 15 is 0 Å². The molecule has 3 aromatic rings. The fourth-order valence-corrected chi connectivity index (χ4v) is 3.90. The van der Waals surface area contributed by atoms with E-state index in [-0.39, 0.29) is 6.61 Å². The maximum atomic E-state index is 12.0. The summed E-state index contributed by atoms with van der Waals surface area (Å²) in [5.41, 5.74) is 6.45. The summed E-state index contributed by atoms with van der Waals surface area (Å²) >= 11 is 15.5. The molecule has 1 aromatic heterocycles. The molecule has 1 heterocycles. The third-order valence-electron chi connectivity index (χ3n) is 4.26. The average molecular weight is 495 g/mol. The molecule has 0 aliphatic rings. The van der Waals surface area contributed by atoms with Gasteiger partial charge in [0.2, 0.25) is 0 Å². The Labute approximate surface area is 187 Å². The number of para-hydroxylation sites is 1. The van der Waals surface area contributed by atoms with Crippen LogP contribution in [-0.4, -0.2) is 23.3 Å². The van der Waals surface area contributed by atoms with Gasteiger partial charge in [-0.05, 0) is 60.1 Å². The van der Waals surface area contributed by atoms with E-state index in [1.54, 1.807) is 24.4 Å². The van der Waals surface area contributed by atoms with Gasteiger partial charge in [-0.2, -0.15) is 5.10 Å². The van der Waals surface area contributed by atoms with Crippen LogP contribution in [0.25, 0.3) is 5.69 Å². The Morgan fingerprint density at radius 1 is 1.17 bits per heavy atom. The molecule has 0 aliphatic carbocycles. The van der Waals surface area contributed by atoms with Crippen molar-refractivity contribution in [3.63, 3.8) is 0 Å². The van der Waals surface area contributed by atoms with Crippen LogP contribution in [0.1, 0.15) is 17.0 Å². The highest BCUT2D eigenvalue weighted by atomic mass is 79.9. The Kier molecular flexibility index (Phi) is 7.00. The van der Waals surface area contributed by atoms with Crippen LogP contribution in [0.3, 0.4) is 0 Å². The number of carbonyl (C=O) groups is 1. The lowest BCUT2D eigenvalue weighted by Crippen LogP contribution is -2.24. The molecule has 0 radical (unpaired) electrons. The molecule has 8 heteroatoms. The van der Waals surface area contributed by atoms with Gasteiger partial charge in [-0.15, -0.1) is 0 Å². The number of hydrogen-bond acceptors (Lipinski definition) is 3. The fraction of sp³-hybridized carbons (Fsp3) is 0.143. The zero-order chi connectivity index (χ0) is 21.0. The number of hydrazone groups is 1. The minimum atomic E-state index is -0.403. The van der Waals surface area contributed by atoms with E-state index in [4.69, 9.17) is 27.9 Å². The molecule has 1 amide bonds. The first-order chi connectivity index (χ1) is 13.9. The molecule has 0 fully saturated rings. The number of amides is 1. The molecule has 0 unspecified atom stereocenters. The SMILES string of the molecule is Cc1c(Br)c(/C=N\NC(=O)COc2ccc(Cl)cc2Cl)c(C)n1-c1ccccc1. The molecular weight excluding hydrogens is 477 g/mol. The third-order valence-corrected chi connectivity index (χ3v) is 5.80. The largest absolute Gasteiger partial charge is 0.482 e. The molecular formula is C21H18BrCl2N3O2. The second kappa shape index (κ2) is 9.48. The normalized spacial score (nSPS) is 11.1. The third kappa shape index (κ3) is 5.01. The van der Waals surface area contributed by atoms with Gasteiger partial charge < -0.3 is 9.30 Å². The van der Waals surface area contributed by atoms with Gasteiger partial charge in [0.15, 0.2) is 6.61 Å². The first-order valence-electron chi connectivity index (χ1n) is 8.71. The van der Waals surface area contributed by atoms with Crippen LogP contribution in [-0.2, 0) is 4.79 Å². The Morgan fingerprint density at radius 3 is 2.59 bits per heavy atom. The number of benzene rings is 2. The van der Waals surface area contributed by atoms with E-state index in [0.717, 1.165) is 27.1 Å². The van der Waals surface area contributed by atoms with Crippen molar-refractivity contribution in [1.82, 2.24) is 9.99 Å². The summed E-state index contributed by atoms with van der Waals surface area (Å²) in [6, 6.07) is 14.8. The van der Waals surface area contributed by atoms with Gasteiger partial charge in [-0.1, -0.05) is 41.4 Å². The Morgan fingerprint density at radius 2 is 1.90 bits per heavy atom. The number of nitrogens with zero attached hydrogens (tertiary/aromatic N) is 2. The lowest BCUT2D eigenvalue weighted by Gasteiger charge is -2.09. The molecule has 0 saturated carbocycles. The lowest BCUT2D eigenvalue weighted by atomic mass is 10.2. The summed E-state index contributed by atoms with van der Waals surface area (Å²) in [6.45, 7) is 3.80. The summed E-state index contributed by atoms with van der Waals surface area (Å²) in [6.07, 6.45) is 1.61. The lowest BCUT2D eigenvalue weighted by molar-refractivity contribution is -0.123. The van der Waals surface area contributed by atoms with Crippen LogP contribution >= 0.6 is 39.1 Å². The zero-order valence-corrected chi connectivity index (χ0v) is 18.8. The Bertz CT molecular complexity index is 1070. The quantitative estimate of drug-likeness (QED) is 0.353. The molecule has 0 aliphatic heterocycles. The van der Waals surface area contributed by atoms with E-state index in [1.165, 1.54) is 0 Å². The van der Waals surface area contributed by atoms with Crippen LogP contribution in [0, 0.1) is 13.8 Å².